The number of carbonyl (C=O) groups is 1. The van der Waals surface area contributed by atoms with Crippen LogP contribution in [0.25, 0.3) is 10.9 Å². The minimum Gasteiger partial charge on any atom is -0.486 e. The highest BCUT2D eigenvalue weighted by Gasteiger charge is 2.30. The molecule has 0 bridgehead atoms. The van der Waals surface area contributed by atoms with Crippen molar-refractivity contribution < 1.29 is 22.7 Å². The summed E-state index contributed by atoms with van der Waals surface area (Å²) in [7, 11) is -4.12. The van der Waals surface area contributed by atoms with Gasteiger partial charge in [-0.2, -0.15) is 0 Å². The highest BCUT2D eigenvalue weighted by atomic mass is 35.5. The van der Waals surface area contributed by atoms with E-state index in [0.29, 0.717) is 40.8 Å². The van der Waals surface area contributed by atoms with E-state index in [2.05, 4.69) is 4.98 Å². The van der Waals surface area contributed by atoms with E-state index in [1.54, 1.807) is 24.3 Å². The number of nitrogens with zero attached hydrogens (tertiary/aromatic N) is 1. The fraction of sp³-hybridized carbons (Fsp3) is 0.154. The Labute approximate surface area is 202 Å². The van der Waals surface area contributed by atoms with Crippen LogP contribution in [0.4, 0.5) is 0 Å². The molecular weight excluding hydrogens is 474 g/mol. The number of rotatable bonds is 5. The number of aryl methyl sites for hydroxylation is 1. The largest absolute Gasteiger partial charge is 0.486 e. The minimum absolute atomic E-state index is 0.0108. The summed E-state index contributed by atoms with van der Waals surface area (Å²) >= 11 is 5.98. The van der Waals surface area contributed by atoms with Crippen LogP contribution in [-0.2, 0) is 16.3 Å². The molecule has 0 N–H and O–H groups in total. The number of benzene rings is 3. The van der Waals surface area contributed by atoms with E-state index in [9.17, 15) is 13.2 Å². The maximum absolute atomic E-state index is 13.9. The topological polar surface area (TPSA) is 82.6 Å². The molecule has 0 fully saturated rings. The molecule has 5 rings (SSSR count). The smallest absolute Gasteiger partial charge is 0.208 e. The lowest BCUT2D eigenvalue weighted by atomic mass is 10.0. The van der Waals surface area contributed by atoms with Crippen LogP contribution in [0.15, 0.2) is 76.7 Å². The number of hydrogen-bond donors (Lipinski definition) is 0. The Balaban J connectivity index is 1.77. The summed E-state index contributed by atoms with van der Waals surface area (Å²) in [6.07, 6.45) is 2.15. The monoisotopic (exact) mass is 493 g/mol. The molecule has 34 heavy (non-hydrogen) atoms. The molecule has 0 spiro atoms. The molecule has 2 heterocycles. The standard InChI is InChI=1S/C26H20ClNO5S/c1-2-16-3-5-17(6-4-16)25(29)21-15-28-22-14-24-23(32-11-12-33-24)13-20(22)26(21)34(30,31)19-9-7-18(27)8-10-19/h3-10,13-15H,2,11-12H2,1H3. The van der Waals surface area contributed by atoms with Crippen molar-refractivity contribution in [2.24, 2.45) is 0 Å². The van der Waals surface area contributed by atoms with Crippen LogP contribution in [0.1, 0.15) is 28.4 Å². The average molecular weight is 494 g/mol. The van der Waals surface area contributed by atoms with Crippen LogP contribution in [-0.4, -0.2) is 32.4 Å². The third kappa shape index (κ3) is 3.91. The number of halogens is 1. The second-order valence-electron chi connectivity index (χ2n) is 7.85. The van der Waals surface area contributed by atoms with Crippen molar-refractivity contribution in [3.8, 4) is 11.5 Å². The Morgan fingerprint density at radius 3 is 2.26 bits per heavy atom. The fourth-order valence-electron chi connectivity index (χ4n) is 3.93. The lowest BCUT2D eigenvalue weighted by Crippen LogP contribution is -2.16. The third-order valence-electron chi connectivity index (χ3n) is 5.74. The average Bonchev–Trinajstić information content (AvgIpc) is 2.86. The molecule has 8 heteroatoms. The number of ketones is 1. The van der Waals surface area contributed by atoms with Gasteiger partial charge in [-0.15, -0.1) is 0 Å². The predicted octanol–water partition coefficient (Wildman–Crippen LogP) is 5.29. The zero-order chi connectivity index (χ0) is 23.9. The highest BCUT2D eigenvalue weighted by Crippen LogP contribution is 2.39. The number of ether oxygens (including phenoxy) is 2. The van der Waals surface area contributed by atoms with Gasteiger partial charge in [0.05, 0.1) is 20.9 Å². The van der Waals surface area contributed by atoms with Gasteiger partial charge in [-0.25, -0.2) is 8.42 Å². The Morgan fingerprint density at radius 2 is 1.62 bits per heavy atom. The second kappa shape index (κ2) is 8.74. The van der Waals surface area contributed by atoms with Gasteiger partial charge in [-0.05, 0) is 42.3 Å². The van der Waals surface area contributed by atoms with Crippen molar-refractivity contribution in [1.82, 2.24) is 4.98 Å². The Morgan fingerprint density at radius 1 is 0.971 bits per heavy atom. The summed E-state index contributed by atoms with van der Waals surface area (Å²) in [5.74, 6) is 0.458. The first-order valence-corrected chi connectivity index (χ1v) is 12.6. The zero-order valence-electron chi connectivity index (χ0n) is 18.2. The summed E-state index contributed by atoms with van der Waals surface area (Å²) in [6.45, 7) is 2.75. The molecule has 1 aliphatic heterocycles. The lowest BCUT2D eigenvalue weighted by Gasteiger charge is -2.20. The van der Waals surface area contributed by atoms with Crippen molar-refractivity contribution >= 4 is 38.1 Å². The van der Waals surface area contributed by atoms with Gasteiger partial charge in [0.25, 0.3) is 0 Å². The van der Waals surface area contributed by atoms with E-state index < -0.39 is 15.6 Å². The Hall–Kier alpha value is -3.42. The molecule has 0 atom stereocenters. The first kappa shape index (κ1) is 22.4. The molecule has 1 aromatic heterocycles. The summed E-state index contributed by atoms with van der Waals surface area (Å²) < 4.78 is 39.1. The number of aromatic nitrogens is 1. The van der Waals surface area contributed by atoms with Gasteiger partial charge in [0.15, 0.2) is 17.3 Å². The van der Waals surface area contributed by atoms with Gasteiger partial charge < -0.3 is 9.47 Å². The Kier molecular flexibility index (Phi) is 5.75. The molecule has 6 nitrogen and oxygen atoms in total. The molecule has 4 aromatic rings. The summed E-state index contributed by atoms with van der Waals surface area (Å²) in [5, 5.41) is 0.695. The predicted molar refractivity (Wildman–Crippen MR) is 129 cm³/mol. The van der Waals surface area contributed by atoms with Gasteiger partial charge >= 0.3 is 0 Å². The fourth-order valence-corrected chi connectivity index (χ4v) is 5.68. The summed E-state index contributed by atoms with van der Waals surface area (Å²) in [4.78, 5) is 17.9. The van der Waals surface area contributed by atoms with Crippen molar-refractivity contribution in [2.75, 3.05) is 13.2 Å². The van der Waals surface area contributed by atoms with Crippen LogP contribution in [0, 0.1) is 0 Å². The van der Waals surface area contributed by atoms with E-state index in [1.807, 2.05) is 19.1 Å². The lowest BCUT2D eigenvalue weighted by molar-refractivity contribution is 0.103. The molecule has 0 radical (unpaired) electrons. The Bertz CT molecular complexity index is 1510. The van der Waals surface area contributed by atoms with E-state index >= 15 is 0 Å². The number of carbonyl (C=O) groups excluding carboxylic acids is 1. The number of fused-ring (bicyclic) bond motifs is 2. The first-order chi connectivity index (χ1) is 16.4. The summed E-state index contributed by atoms with van der Waals surface area (Å²) in [5.41, 5.74) is 1.83. The van der Waals surface area contributed by atoms with Gasteiger partial charge in [0, 0.05) is 28.2 Å². The van der Waals surface area contributed by atoms with Crippen molar-refractivity contribution in [3.05, 3.63) is 88.6 Å². The van der Waals surface area contributed by atoms with Crippen LogP contribution in [0.5, 0.6) is 11.5 Å². The molecule has 0 aliphatic carbocycles. The molecule has 172 valence electrons. The summed E-state index contributed by atoms with van der Waals surface area (Å²) in [6, 6.07) is 16.2. The molecule has 0 saturated heterocycles. The zero-order valence-corrected chi connectivity index (χ0v) is 19.8. The van der Waals surface area contributed by atoms with E-state index in [1.165, 1.54) is 30.5 Å². The quantitative estimate of drug-likeness (QED) is 0.351. The highest BCUT2D eigenvalue weighted by molar-refractivity contribution is 7.91. The van der Waals surface area contributed by atoms with Gasteiger partial charge in [0.1, 0.15) is 13.2 Å². The SMILES string of the molecule is CCc1ccc(C(=O)c2cnc3cc4c(cc3c2S(=O)(=O)c2ccc(Cl)cc2)OCCO4)cc1. The molecule has 0 amide bonds. The minimum atomic E-state index is -4.12. The van der Waals surface area contributed by atoms with E-state index in [0.717, 1.165) is 12.0 Å². The maximum atomic E-state index is 13.9. The van der Waals surface area contributed by atoms with Gasteiger partial charge in [-0.3, -0.25) is 9.78 Å². The first-order valence-electron chi connectivity index (χ1n) is 10.7. The van der Waals surface area contributed by atoms with E-state index in [-0.39, 0.29) is 20.7 Å². The van der Waals surface area contributed by atoms with Gasteiger partial charge in [-0.1, -0.05) is 42.8 Å². The molecule has 0 saturated carbocycles. The molecule has 3 aromatic carbocycles. The number of hydrogen-bond acceptors (Lipinski definition) is 6. The molecule has 1 aliphatic rings. The number of sulfone groups is 1. The van der Waals surface area contributed by atoms with Crippen molar-refractivity contribution in [2.45, 2.75) is 23.1 Å². The van der Waals surface area contributed by atoms with Crippen LogP contribution in [0.2, 0.25) is 5.02 Å². The van der Waals surface area contributed by atoms with Crippen molar-refractivity contribution in [3.63, 3.8) is 0 Å². The molecule has 0 unspecified atom stereocenters. The van der Waals surface area contributed by atoms with Crippen LogP contribution >= 0.6 is 11.6 Å². The van der Waals surface area contributed by atoms with Gasteiger partial charge in [0.2, 0.25) is 9.84 Å². The van der Waals surface area contributed by atoms with Crippen LogP contribution in [0.3, 0.4) is 0 Å². The second-order valence-corrected chi connectivity index (χ2v) is 10.2. The van der Waals surface area contributed by atoms with E-state index in [4.69, 9.17) is 21.1 Å². The van der Waals surface area contributed by atoms with Crippen LogP contribution < -0.4 is 9.47 Å². The number of pyridine rings is 1. The van der Waals surface area contributed by atoms with Crippen molar-refractivity contribution in [1.29, 1.82) is 0 Å². The maximum Gasteiger partial charge on any atom is 0.208 e. The molecular formula is C26H20ClNO5S. The third-order valence-corrected chi connectivity index (χ3v) is 7.87. The normalized spacial score (nSPS) is 13.1.